The number of ether oxygens (including phenoxy) is 3. The summed E-state index contributed by atoms with van der Waals surface area (Å²) in [6.07, 6.45) is 1.58. The maximum absolute atomic E-state index is 14.5. The summed E-state index contributed by atoms with van der Waals surface area (Å²) < 4.78 is 31.8. The van der Waals surface area contributed by atoms with E-state index < -0.39 is 6.17 Å². The van der Waals surface area contributed by atoms with Crippen LogP contribution in [-0.4, -0.2) is 103 Å². The number of benzene rings is 2. The first-order chi connectivity index (χ1) is 22.4. The Hall–Kier alpha value is -4.45. The zero-order valence-electron chi connectivity index (χ0n) is 26.1. The minimum atomic E-state index is -0.879. The van der Waals surface area contributed by atoms with Crippen LogP contribution >= 0.6 is 0 Å². The number of alkyl halides is 1. The van der Waals surface area contributed by atoms with Gasteiger partial charge in [-0.1, -0.05) is 42.5 Å². The first-order valence-electron chi connectivity index (χ1n) is 16.0. The number of anilines is 2. The van der Waals surface area contributed by atoms with E-state index >= 15 is 0 Å². The molecular weight excluding hydrogens is 591 g/mol. The highest BCUT2D eigenvalue weighted by Crippen LogP contribution is 2.41. The summed E-state index contributed by atoms with van der Waals surface area (Å²) in [5, 5.41) is 0. The molecule has 3 saturated heterocycles. The van der Waals surface area contributed by atoms with Gasteiger partial charge in [-0.2, -0.15) is 9.97 Å². The van der Waals surface area contributed by atoms with Crippen molar-refractivity contribution in [3.63, 3.8) is 0 Å². The van der Waals surface area contributed by atoms with Gasteiger partial charge in [0.2, 0.25) is 0 Å². The number of rotatable bonds is 8. The monoisotopic (exact) mass is 630 g/mol. The number of hydrogen-bond donors (Lipinski definition) is 0. The second kappa shape index (κ2) is 12.7. The van der Waals surface area contributed by atoms with E-state index in [0.717, 1.165) is 30.5 Å². The summed E-state index contributed by atoms with van der Waals surface area (Å²) in [4.78, 5) is 44.1. The number of halogens is 1. The van der Waals surface area contributed by atoms with Gasteiger partial charge in [0, 0.05) is 51.3 Å². The summed E-state index contributed by atoms with van der Waals surface area (Å²) >= 11 is 0. The molecule has 11 nitrogen and oxygen atoms in total. The largest absolute Gasteiger partial charge is 0.495 e. The number of fused-ring (bicyclic) bond motifs is 2. The molecule has 242 valence electrons. The van der Waals surface area contributed by atoms with Crippen molar-refractivity contribution in [1.82, 2.24) is 19.8 Å². The van der Waals surface area contributed by atoms with Crippen LogP contribution in [0.5, 0.6) is 11.8 Å². The number of hydrogen-bond acceptors (Lipinski definition) is 9. The molecule has 2 atom stereocenters. The van der Waals surface area contributed by atoms with Crippen LogP contribution in [0.1, 0.15) is 40.9 Å². The smallest absolute Gasteiger partial charge is 0.410 e. The van der Waals surface area contributed by atoms with Crippen LogP contribution in [0.4, 0.5) is 20.7 Å². The third-order valence-corrected chi connectivity index (χ3v) is 9.65. The maximum Gasteiger partial charge on any atom is 0.410 e. The number of piperazine rings is 1. The third kappa shape index (κ3) is 5.81. The minimum Gasteiger partial charge on any atom is -0.495 e. The summed E-state index contributed by atoms with van der Waals surface area (Å²) in [5.74, 6) is 0.983. The van der Waals surface area contributed by atoms with E-state index in [0.29, 0.717) is 69.4 Å². The fourth-order valence-corrected chi connectivity index (χ4v) is 7.28. The van der Waals surface area contributed by atoms with Crippen molar-refractivity contribution < 1.29 is 28.2 Å². The van der Waals surface area contributed by atoms with Crippen molar-refractivity contribution >= 4 is 23.5 Å². The second-order valence-electron chi connectivity index (χ2n) is 12.4. The van der Waals surface area contributed by atoms with Gasteiger partial charge in [-0.15, -0.1) is 0 Å². The van der Waals surface area contributed by atoms with E-state index in [9.17, 15) is 14.0 Å². The Balaban J connectivity index is 1.13. The highest BCUT2D eigenvalue weighted by molar-refractivity contribution is 6.08. The van der Waals surface area contributed by atoms with E-state index in [1.54, 1.807) is 16.9 Å². The van der Waals surface area contributed by atoms with Gasteiger partial charge in [0.15, 0.2) is 0 Å². The van der Waals surface area contributed by atoms with Gasteiger partial charge in [-0.05, 0) is 43.5 Å². The molecule has 1 aromatic heterocycles. The first-order valence-corrected chi connectivity index (χ1v) is 16.0. The van der Waals surface area contributed by atoms with Gasteiger partial charge in [-0.25, -0.2) is 9.18 Å². The lowest BCUT2D eigenvalue weighted by atomic mass is 9.95. The highest BCUT2D eigenvalue weighted by Gasteiger charge is 2.49. The summed E-state index contributed by atoms with van der Waals surface area (Å²) in [6.45, 7) is 4.09. The molecule has 0 unspecified atom stereocenters. The normalized spacial score (nSPS) is 22.9. The summed E-state index contributed by atoms with van der Waals surface area (Å²) in [5.41, 5.74) is 2.27. The van der Waals surface area contributed by atoms with Crippen molar-refractivity contribution in [3.8, 4) is 11.8 Å². The van der Waals surface area contributed by atoms with E-state index in [1.807, 2.05) is 54.6 Å². The number of carbonyl (C=O) groups excluding carboxylic acids is 2. The van der Waals surface area contributed by atoms with Crippen molar-refractivity contribution in [1.29, 1.82) is 0 Å². The van der Waals surface area contributed by atoms with Crippen LogP contribution in [0, 0.1) is 0 Å². The summed E-state index contributed by atoms with van der Waals surface area (Å²) in [7, 11) is 1.58. The zero-order chi connectivity index (χ0) is 31.7. The molecule has 0 saturated carbocycles. The highest BCUT2D eigenvalue weighted by atomic mass is 19.1. The van der Waals surface area contributed by atoms with Gasteiger partial charge >= 0.3 is 12.1 Å². The Morgan fingerprint density at radius 2 is 1.78 bits per heavy atom. The summed E-state index contributed by atoms with van der Waals surface area (Å²) in [6, 6.07) is 17.1. The Bertz CT molecular complexity index is 1590. The molecule has 4 aliphatic rings. The Morgan fingerprint density at radius 3 is 2.59 bits per heavy atom. The van der Waals surface area contributed by atoms with E-state index in [2.05, 4.69) is 14.8 Å². The van der Waals surface area contributed by atoms with Crippen LogP contribution in [0.25, 0.3) is 0 Å². The Morgan fingerprint density at radius 1 is 1.00 bits per heavy atom. The second-order valence-corrected chi connectivity index (χ2v) is 12.4. The van der Waals surface area contributed by atoms with E-state index in [1.165, 1.54) is 0 Å². The topological polar surface area (TPSA) is 101 Å². The average Bonchev–Trinajstić information content (AvgIpc) is 3.62. The molecule has 4 aliphatic heterocycles. The molecule has 7 rings (SSSR count). The molecule has 0 radical (unpaired) electrons. The van der Waals surface area contributed by atoms with Crippen LogP contribution in [0.2, 0.25) is 0 Å². The van der Waals surface area contributed by atoms with Gasteiger partial charge < -0.3 is 28.9 Å². The number of aromatic nitrogens is 2. The van der Waals surface area contributed by atoms with E-state index in [4.69, 9.17) is 19.2 Å². The fraction of sp³-hybridized carbons (Fsp3) is 0.471. The number of nitrogens with zero attached hydrogens (tertiary/aromatic N) is 6. The number of amides is 2. The average molecular weight is 631 g/mol. The predicted molar refractivity (Wildman–Crippen MR) is 169 cm³/mol. The van der Waals surface area contributed by atoms with Crippen LogP contribution in [0.3, 0.4) is 0 Å². The van der Waals surface area contributed by atoms with Gasteiger partial charge in [0.05, 0.1) is 18.3 Å². The lowest BCUT2D eigenvalue weighted by Crippen LogP contribution is -2.50. The SMILES string of the molecule is COc1ccccc1N1CCc2c(nc(OC[C@@]34CCCN3C[C@H](F)C4)nc2N2CCN(C(=O)OCc3ccccc3)CC2)C1=O. The maximum atomic E-state index is 14.5. The number of para-hydroxylation sites is 2. The van der Waals surface area contributed by atoms with Crippen LogP contribution in [0.15, 0.2) is 54.6 Å². The molecule has 0 aliphatic carbocycles. The molecule has 0 spiro atoms. The van der Waals surface area contributed by atoms with Crippen molar-refractivity contribution in [2.75, 3.05) is 69.3 Å². The van der Waals surface area contributed by atoms with Gasteiger partial charge in [0.25, 0.3) is 5.91 Å². The first kappa shape index (κ1) is 30.2. The molecule has 0 N–H and O–H groups in total. The number of carbonyl (C=O) groups is 2. The Labute approximate surface area is 267 Å². The van der Waals surface area contributed by atoms with Crippen LogP contribution < -0.4 is 19.3 Å². The van der Waals surface area contributed by atoms with Crippen molar-refractivity contribution in [2.24, 2.45) is 0 Å². The predicted octanol–water partition coefficient (Wildman–Crippen LogP) is 4.10. The van der Waals surface area contributed by atoms with Crippen LogP contribution in [-0.2, 0) is 17.8 Å². The van der Waals surface area contributed by atoms with Crippen molar-refractivity contribution in [3.05, 3.63) is 71.4 Å². The fourth-order valence-electron chi connectivity index (χ4n) is 7.28. The zero-order valence-corrected chi connectivity index (χ0v) is 26.1. The molecule has 5 heterocycles. The lowest BCUT2D eigenvalue weighted by molar-refractivity contribution is 0.0940. The van der Waals surface area contributed by atoms with E-state index in [-0.39, 0.29) is 42.5 Å². The molecule has 12 heteroatoms. The molecule has 46 heavy (non-hydrogen) atoms. The lowest BCUT2D eigenvalue weighted by Gasteiger charge is -2.37. The number of methoxy groups -OCH3 is 1. The standard InChI is InChI=1S/C34H39FN6O5/c1-44-28-11-6-5-10-27(28)41-15-12-26-29(31(41)42)36-32(46-23-34-13-7-14-40(34)21-25(35)20-34)37-30(26)38-16-18-39(19-17-38)33(43)45-22-24-8-3-2-4-9-24/h2-6,8-11,25H,7,12-23H2,1H3/t25-,34+/m1/s1. The van der Waals surface area contributed by atoms with Gasteiger partial charge in [0.1, 0.15) is 36.6 Å². The van der Waals surface area contributed by atoms with Crippen molar-refractivity contribution in [2.45, 2.75) is 44.0 Å². The quantitative estimate of drug-likeness (QED) is 0.364. The van der Waals surface area contributed by atoms with Gasteiger partial charge in [-0.3, -0.25) is 9.69 Å². The molecule has 2 amide bonds. The Kier molecular flexibility index (Phi) is 8.37. The molecular formula is C34H39FN6O5. The molecule has 3 fully saturated rings. The molecule has 3 aromatic rings. The molecule has 0 bridgehead atoms. The minimum absolute atomic E-state index is 0.109. The third-order valence-electron chi connectivity index (χ3n) is 9.65. The molecule has 2 aromatic carbocycles.